The lowest BCUT2D eigenvalue weighted by molar-refractivity contribution is -0.0331. The standard InChI is InChI=1S/C20H28N4O/c1-22-15-19(25)13-20(16-22)7-11-23(12-8-20)14-17-3-5-18(6-4-17)24-10-2-9-21-24/h2-6,9-10,19,25H,7-8,11-16H2,1H3. The molecule has 0 bridgehead atoms. The number of aliphatic hydroxyl groups excluding tert-OH is 1. The molecule has 0 aliphatic carbocycles. The number of rotatable bonds is 3. The number of nitrogens with zero attached hydrogens (tertiary/aromatic N) is 4. The lowest BCUT2D eigenvalue weighted by Crippen LogP contribution is -2.52. The average Bonchev–Trinajstić information content (AvgIpc) is 3.11. The third kappa shape index (κ3) is 3.78. The topological polar surface area (TPSA) is 44.5 Å². The maximum absolute atomic E-state index is 10.1. The molecule has 1 unspecified atom stereocenters. The molecule has 0 saturated carbocycles. The van der Waals surface area contributed by atoms with E-state index in [0.29, 0.717) is 5.41 Å². The van der Waals surface area contributed by atoms with Crippen LogP contribution in [0.2, 0.25) is 0 Å². The number of likely N-dealkylation sites (N-methyl/N-ethyl adjacent to an activating group) is 1. The highest BCUT2D eigenvalue weighted by Gasteiger charge is 2.40. The number of β-amino-alcohol motifs (C(OH)–C–C–N with tert-alkyl or cyclic N) is 1. The van der Waals surface area contributed by atoms with E-state index in [1.54, 1.807) is 6.20 Å². The summed E-state index contributed by atoms with van der Waals surface area (Å²) < 4.78 is 1.89. The van der Waals surface area contributed by atoms with Crippen LogP contribution in [0.5, 0.6) is 0 Å². The molecular formula is C20H28N4O. The second kappa shape index (κ2) is 6.90. The smallest absolute Gasteiger partial charge is 0.0672 e. The Hall–Kier alpha value is -1.69. The van der Waals surface area contributed by atoms with Gasteiger partial charge >= 0.3 is 0 Å². The van der Waals surface area contributed by atoms with Crippen molar-refractivity contribution in [1.82, 2.24) is 19.6 Å². The van der Waals surface area contributed by atoms with Crippen molar-refractivity contribution in [1.29, 1.82) is 0 Å². The van der Waals surface area contributed by atoms with Crippen molar-refractivity contribution in [3.63, 3.8) is 0 Å². The minimum absolute atomic E-state index is 0.153. The van der Waals surface area contributed by atoms with Gasteiger partial charge in [0.2, 0.25) is 0 Å². The molecule has 1 spiro atoms. The van der Waals surface area contributed by atoms with Crippen molar-refractivity contribution < 1.29 is 5.11 Å². The lowest BCUT2D eigenvalue weighted by Gasteiger charge is -2.48. The number of aliphatic hydroxyl groups is 1. The summed E-state index contributed by atoms with van der Waals surface area (Å²) in [6.45, 7) is 5.22. The van der Waals surface area contributed by atoms with E-state index in [2.05, 4.69) is 46.2 Å². The van der Waals surface area contributed by atoms with Gasteiger partial charge in [0, 0.05) is 32.0 Å². The fraction of sp³-hybridized carbons (Fsp3) is 0.550. The summed E-state index contributed by atoms with van der Waals surface area (Å²) in [6.07, 6.45) is 6.98. The van der Waals surface area contributed by atoms with Crippen molar-refractivity contribution in [2.45, 2.75) is 31.9 Å². The third-order valence-electron chi connectivity index (χ3n) is 5.82. The van der Waals surface area contributed by atoms with Gasteiger partial charge < -0.3 is 10.0 Å². The van der Waals surface area contributed by atoms with Crippen molar-refractivity contribution >= 4 is 0 Å². The number of hydrogen-bond donors (Lipinski definition) is 1. The van der Waals surface area contributed by atoms with E-state index in [1.165, 1.54) is 18.4 Å². The second-order valence-corrected chi connectivity index (χ2v) is 7.95. The Kier molecular flexibility index (Phi) is 4.63. The molecule has 2 aromatic rings. The van der Waals surface area contributed by atoms with Crippen LogP contribution in [0.3, 0.4) is 0 Å². The molecule has 1 aromatic carbocycles. The Balaban J connectivity index is 1.34. The van der Waals surface area contributed by atoms with Crippen LogP contribution in [0.15, 0.2) is 42.7 Å². The average molecular weight is 340 g/mol. The van der Waals surface area contributed by atoms with Gasteiger partial charge in [0.05, 0.1) is 11.8 Å². The molecule has 0 amide bonds. The summed E-state index contributed by atoms with van der Waals surface area (Å²) in [5.41, 5.74) is 2.78. The SMILES string of the molecule is CN1CC(O)CC2(CCN(Cc3ccc(-n4cccn4)cc3)CC2)C1. The summed E-state index contributed by atoms with van der Waals surface area (Å²) in [6, 6.07) is 10.6. The van der Waals surface area contributed by atoms with Crippen LogP contribution < -0.4 is 0 Å². The van der Waals surface area contributed by atoms with Crippen LogP contribution in [0.1, 0.15) is 24.8 Å². The molecule has 2 aliphatic heterocycles. The van der Waals surface area contributed by atoms with Crippen molar-refractivity contribution in [2.24, 2.45) is 5.41 Å². The Morgan fingerprint density at radius 3 is 2.60 bits per heavy atom. The van der Waals surface area contributed by atoms with Crippen LogP contribution in [-0.4, -0.2) is 64.0 Å². The molecule has 1 atom stereocenters. The van der Waals surface area contributed by atoms with Crippen LogP contribution in [-0.2, 0) is 6.54 Å². The fourth-order valence-corrected chi connectivity index (χ4v) is 4.61. The first-order chi connectivity index (χ1) is 12.1. The monoisotopic (exact) mass is 340 g/mol. The Bertz CT molecular complexity index is 662. The minimum Gasteiger partial charge on any atom is -0.392 e. The molecule has 2 aliphatic rings. The van der Waals surface area contributed by atoms with Crippen LogP contribution in [0.4, 0.5) is 0 Å². The molecule has 134 valence electrons. The highest BCUT2D eigenvalue weighted by atomic mass is 16.3. The summed E-state index contributed by atoms with van der Waals surface area (Å²) in [5.74, 6) is 0. The summed E-state index contributed by atoms with van der Waals surface area (Å²) >= 11 is 0. The first-order valence-electron chi connectivity index (χ1n) is 9.30. The van der Waals surface area contributed by atoms with Gasteiger partial charge in [-0.2, -0.15) is 5.10 Å². The summed E-state index contributed by atoms with van der Waals surface area (Å²) in [7, 11) is 2.14. The van der Waals surface area contributed by atoms with E-state index in [-0.39, 0.29) is 6.10 Å². The highest BCUT2D eigenvalue weighted by Crippen LogP contribution is 2.39. The second-order valence-electron chi connectivity index (χ2n) is 7.95. The van der Waals surface area contributed by atoms with Crippen molar-refractivity contribution in [2.75, 3.05) is 33.2 Å². The number of aromatic nitrogens is 2. The molecule has 25 heavy (non-hydrogen) atoms. The molecule has 2 fully saturated rings. The molecule has 3 heterocycles. The first-order valence-corrected chi connectivity index (χ1v) is 9.30. The van der Waals surface area contributed by atoms with E-state index >= 15 is 0 Å². The Labute approximate surface area is 149 Å². The van der Waals surface area contributed by atoms with Gasteiger partial charge in [-0.1, -0.05) is 12.1 Å². The zero-order valence-electron chi connectivity index (χ0n) is 15.0. The molecule has 2 saturated heterocycles. The van der Waals surface area contributed by atoms with E-state index in [1.807, 2.05) is 16.9 Å². The van der Waals surface area contributed by atoms with Crippen LogP contribution in [0, 0.1) is 5.41 Å². The summed E-state index contributed by atoms with van der Waals surface area (Å²) in [5, 5.41) is 14.4. The van der Waals surface area contributed by atoms with E-state index < -0.39 is 0 Å². The molecule has 1 aromatic heterocycles. The molecule has 5 nitrogen and oxygen atoms in total. The quantitative estimate of drug-likeness (QED) is 0.930. The number of benzene rings is 1. The van der Waals surface area contributed by atoms with Crippen LogP contribution in [0.25, 0.3) is 5.69 Å². The zero-order chi connectivity index (χ0) is 17.3. The molecule has 0 radical (unpaired) electrons. The van der Waals surface area contributed by atoms with Gasteiger partial charge in [-0.15, -0.1) is 0 Å². The van der Waals surface area contributed by atoms with E-state index in [9.17, 15) is 5.11 Å². The van der Waals surface area contributed by atoms with Gasteiger partial charge in [0.25, 0.3) is 0 Å². The third-order valence-corrected chi connectivity index (χ3v) is 5.82. The zero-order valence-corrected chi connectivity index (χ0v) is 15.0. The number of piperidine rings is 2. The van der Waals surface area contributed by atoms with Gasteiger partial charge in [0.15, 0.2) is 0 Å². The molecule has 1 N–H and O–H groups in total. The minimum atomic E-state index is -0.153. The lowest BCUT2D eigenvalue weighted by atomic mass is 9.71. The van der Waals surface area contributed by atoms with Crippen molar-refractivity contribution in [3.05, 3.63) is 48.3 Å². The maximum Gasteiger partial charge on any atom is 0.0672 e. The van der Waals surface area contributed by atoms with Crippen molar-refractivity contribution in [3.8, 4) is 5.69 Å². The fourth-order valence-electron chi connectivity index (χ4n) is 4.61. The molecule has 4 rings (SSSR count). The van der Waals surface area contributed by atoms with Gasteiger partial charge in [-0.05, 0) is 68.6 Å². The largest absolute Gasteiger partial charge is 0.392 e. The first kappa shape index (κ1) is 16.8. The number of hydrogen-bond acceptors (Lipinski definition) is 4. The highest BCUT2D eigenvalue weighted by molar-refractivity contribution is 5.33. The predicted octanol–water partition coefficient (Wildman–Crippen LogP) is 2.15. The normalized spacial score (nSPS) is 24.6. The molecule has 5 heteroatoms. The van der Waals surface area contributed by atoms with Gasteiger partial charge in [-0.3, -0.25) is 4.90 Å². The van der Waals surface area contributed by atoms with E-state index in [0.717, 1.165) is 44.8 Å². The summed E-state index contributed by atoms with van der Waals surface area (Å²) in [4.78, 5) is 4.85. The van der Waals surface area contributed by atoms with E-state index in [4.69, 9.17) is 0 Å². The predicted molar refractivity (Wildman–Crippen MR) is 98.6 cm³/mol. The maximum atomic E-state index is 10.1. The Morgan fingerprint density at radius 2 is 1.96 bits per heavy atom. The van der Waals surface area contributed by atoms with Gasteiger partial charge in [0.1, 0.15) is 0 Å². The Morgan fingerprint density at radius 1 is 1.20 bits per heavy atom. The number of likely N-dealkylation sites (tertiary alicyclic amines) is 2. The molecular weight excluding hydrogens is 312 g/mol. The van der Waals surface area contributed by atoms with Crippen LogP contribution >= 0.6 is 0 Å². The van der Waals surface area contributed by atoms with Gasteiger partial charge in [-0.25, -0.2) is 4.68 Å².